The number of likely N-dealkylation sites (tertiary alicyclic amines) is 1. The van der Waals surface area contributed by atoms with Crippen molar-refractivity contribution in [1.82, 2.24) is 4.90 Å². The number of hydrogen-bond acceptors (Lipinski definition) is 5. The van der Waals surface area contributed by atoms with Gasteiger partial charge in [-0.25, -0.2) is 0 Å². The molecule has 5 heteroatoms. The van der Waals surface area contributed by atoms with Gasteiger partial charge in [-0.2, -0.15) is 11.8 Å². The van der Waals surface area contributed by atoms with Gasteiger partial charge in [-0.15, -0.1) is 0 Å². The first kappa shape index (κ1) is 17.2. The van der Waals surface area contributed by atoms with Crippen molar-refractivity contribution < 1.29 is 9.47 Å². The van der Waals surface area contributed by atoms with Crippen LogP contribution in [0.5, 0.6) is 11.5 Å². The second-order valence-corrected chi connectivity index (χ2v) is 7.83. The molecule has 2 aliphatic rings. The van der Waals surface area contributed by atoms with Crippen molar-refractivity contribution in [1.29, 1.82) is 0 Å². The van der Waals surface area contributed by atoms with Crippen molar-refractivity contribution in [3.05, 3.63) is 24.3 Å². The second kappa shape index (κ2) is 6.71. The Morgan fingerprint density at radius 1 is 1.29 bits per heavy atom. The van der Waals surface area contributed by atoms with Crippen LogP contribution in [0, 0.1) is 11.3 Å². The van der Waals surface area contributed by atoms with Crippen LogP contribution in [0.15, 0.2) is 23.7 Å². The number of benzene rings is 1. The summed E-state index contributed by atoms with van der Waals surface area (Å²) in [5, 5.41) is 0. The number of nitrogens with zero attached hydrogens (tertiary/aromatic N) is 2. The Morgan fingerprint density at radius 3 is 2.46 bits per heavy atom. The Morgan fingerprint density at radius 2 is 1.92 bits per heavy atom. The van der Waals surface area contributed by atoms with E-state index in [1.165, 1.54) is 18.6 Å². The molecule has 4 nitrogen and oxygen atoms in total. The molecule has 0 radical (unpaired) electrons. The predicted molar refractivity (Wildman–Crippen MR) is 103 cm³/mol. The highest BCUT2D eigenvalue weighted by Crippen LogP contribution is 2.54. The fraction of sp³-hybridized carbons (Fsp3) is 0.526. The van der Waals surface area contributed by atoms with Crippen molar-refractivity contribution in [3.8, 4) is 11.5 Å². The average Bonchev–Trinajstić information content (AvgIpc) is 2.53. The van der Waals surface area contributed by atoms with Gasteiger partial charge in [0.05, 0.1) is 19.9 Å². The van der Waals surface area contributed by atoms with E-state index >= 15 is 0 Å². The SMILES string of the molecule is C=Nc1cc(OC)c(OC)cc1C(=C)N1CC2(CC(CSC)C2)C1. The summed E-state index contributed by atoms with van der Waals surface area (Å²) >= 11 is 1.96. The maximum atomic E-state index is 5.42. The fourth-order valence-electron chi connectivity index (χ4n) is 4.13. The molecule has 1 aliphatic carbocycles. The standard InChI is InChI=1S/C19H26N2O2S/c1-13(21-11-19(12-21)8-14(9-19)10-24-5)15-6-17(22-3)18(23-4)7-16(15)20-2/h6-7,14H,1-2,8-12H2,3-5H3. The van der Waals surface area contributed by atoms with Crippen LogP contribution in [0.4, 0.5) is 5.69 Å². The van der Waals surface area contributed by atoms with Crippen LogP contribution in [-0.4, -0.2) is 50.9 Å². The average molecular weight is 346 g/mol. The Hall–Kier alpha value is -1.62. The minimum absolute atomic E-state index is 0.529. The third-order valence-corrected chi connectivity index (χ3v) is 6.07. The van der Waals surface area contributed by atoms with E-state index in [9.17, 15) is 0 Å². The van der Waals surface area contributed by atoms with E-state index in [1.807, 2.05) is 23.9 Å². The van der Waals surface area contributed by atoms with E-state index in [0.29, 0.717) is 16.9 Å². The van der Waals surface area contributed by atoms with E-state index < -0.39 is 0 Å². The third kappa shape index (κ3) is 2.90. The fourth-order valence-corrected chi connectivity index (χ4v) is 4.84. The summed E-state index contributed by atoms with van der Waals surface area (Å²) in [4.78, 5) is 6.50. The molecule has 0 atom stereocenters. The highest BCUT2D eigenvalue weighted by atomic mass is 32.2. The number of rotatable bonds is 7. The lowest BCUT2D eigenvalue weighted by atomic mass is 9.58. The molecule has 1 aromatic rings. The molecule has 1 heterocycles. The Labute approximate surface area is 148 Å². The second-order valence-electron chi connectivity index (χ2n) is 6.91. The first-order valence-electron chi connectivity index (χ1n) is 8.21. The summed E-state index contributed by atoms with van der Waals surface area (Å²) in [5.41, 5.74) is 3.28. The smallest absolute Gasteiger partial charge is 0.162 e. The lowest BCUT2D eigenvalue weighted by Gasteiger charge is -2.60. The van der Waals surface area contributed by atoms with Crippen LogP contribution in [-0.2, 0) is 0 Å². The minimum Gasteiger partial charge on any atom is -0.493 e. The number of aliphatic imine (C=N–C) groups is 1. The van der Waals surface area contributed by atoms with Crippen LogP contribution in [0.25, 0.3) is 5.70 Å². The summed E-state index contributed by atoms with van der Waals surface area (Å²) in [5.74, 6) is 3.56. The highest BCUT2D eigenvalue weighted by molar-refractivity contribution is 7.98. The summed E-state index contributed by atoms with van der Waals surface area (Å²) in [6.07, 6.45) is 4.91. The molecular formula is C19H26N2O2S. The zero-order valence-corrected chi connectivity index (χ0v) is 15.6. The van der Waals surface area contributed by atoms with Crippen LogP contribution in [0.1, 0.15) is 18.4 Å². The maximum Gasteiger partial charge on any atom is 0.162 e. The van der Waals surface area contributed by atoms with E-state index in [1.54, 1.807) is 14.2 Å². The topological polar surface area (TPSA) is 34.1 Å². The zero-order valence-electron chi connectivity index (χ0n) is 14.8. The summed E-state index contributed by atoms with van der Waals surface area (Å²) in [6, 6.07) is 3.81. The summed E-state index contributed by atoms with van der Waals surface area (Å²) < 4.78 is 10.8. The van der Waals surface area contributed by atoms with Gasteiger partial charge < -0.3 is 14.4 Å². The first-order valence-corrected chi connectivity index (χ1v) is 9.61. The number of ether oxygens (including phenoxy) is 2. The van der Waals surface area contributed by atoms with Gasteiger partial charge in [0.1, 0.15) is 0 Å². The van der Waals surface area contributed by atoms with E-state index in [4.69, 9.17) is 9.47 Å². The molecule has 130 valence electrons. The Balaban J connectivity index is 1.71. The number of hydrogen-bond donors (Lipinski definition) is 0. The lowest BCUT2D eigenvalue weighted by molar-refractivity contribution is -0.0571. The van der Waals surface area contributed by atoms with Gasteiger partial charge in [-0.3, -0.25) is 4.99 Å². The summed E-state index contributed by atoms with van der Waals surface area (Å²) in [6.45, 7) is 10.2. The Kier molecular flexibility index (Phi) is 4.81. The molecule has 0 aromatic heterocycles. The quantitative estimate of drug-likeness (QED) is 0.697. The van der Waals surface area contributed by atoms with Crippen molar-refractivity contribution in [2.45, 2.75) is 12.8 Å². The van der Waals surface area contributed by atoms with Gasteiger partial charge in [0.15, 0.2) is 11.5 Å². The van der Waals surface area contributed by atoms with Gasteiger partial charge in [-0.1, -0.05) is 6.58 Å². The molecule has 1 saturated heterocycles. The molecule has 0 N–H and O–H groups in total. The van der Waals surface area contributed by atoms with Crippen LogP contribution < -0.4 is 9.47 Å². The molecule has 3 rings (SSSR count). The minimum atomic E-state index is 0.529. The summed E-state index contributed by atoms with van der Waals surface area (Å²) in [7, 11) is 3.27. The number of methoxy groups -OCH3 is 2. The molecule has 0 bridgehead atoms. The predicted octanol–water partition coefficient (Wildman–Crippen LogP) is 4.08. The largest absolute Gasteiger partial charge is 0.493 e. The molecular weight excluding hydrogens is 320 g/mol. The lowest BCUT2D eigenvalue weighted by Crippen LogP contribution is -2.61. The van der Waals surface area contributed by atoms with E-state index in [2.05, 4.69) is 29.4 Å². The van der Waals surface area contributed by atoms with Crippen LogP contribution in [0.3, 0.4) is 0 Å². The molecule has 1 aliphatic heterocycles. The Bertz CT molecular complexity index is 645. The molecule has 0 unspecified atom stereocenters. The van der Waals surface area contributed by atoms with E-state index in [-0.39, 0.29) is 0 Å². The third-order valence-electron chi connectivity index (χ3n) is 5.26. The van der Waals surface area contributed by atoms with E-state index in [0.717, 1.165) is 36.0 Å². The zero-order chi connectivity index (χ0) is 17.3. The molecule has 1 aromatic carbocycles. The molecule has 1 saturated carbocycles. The maximum absolute atomic E-state index is 5.42. The molecule has 2 fully saturated rings. The van der Waals surface area contributed by atoms with Crippen LogP contribution in [0.2, 0.25) is 0 Å². The molecule has 1 spiro atoms. The number of thioether (sulfide) groups is 1. The monoisotopic (exact) mass is 346 g/mol. The van der Waals surface area contributed by atoms with Crippen molar-refractivity contribution in [3.63, 3.8) is 0 Å². The van der Waals surface area contributed by atoms with Gasteiger partial charge in [0.2, 0.25) is 0 Å². The molecule has 0 amide bonds. The van der Waals surface area contributed by atoms with Gasteiger partial charge in [0.25, 0.3) is 0 Å². The van der Waals surface area contributed by atoms with Crippen molar-refractivity contribution in [2.24, 2.45) is 16.3 Å². The van der Waals surface area contributed by atoms with Crippen molar-refractivity contribution >= 4 is 29.9 Å². The van der Waals surface area contributed by atoms with Gasteiger partial charge in [0, 0.05) is 35.8 Å². The normalized spacial score (nSPS) is 18.7. The van der Waals surface area contributed by atoms with Crippen molar-refractivity contribution in [2.75, 3.05) is 39.3 Å². The first-order chi connectivity index (χ1) is 11.6. The highest BCUT2D eigenvalue weighted by Gasteiger charge is 2.52. The van der Waals surface area contributed by atoms with Crippen LogP contribution >= 0.6 is 11.8 Å². The molecule has 24 heavy (non-hydrogen) atoms. The van der Waals surface area contributed by atoms with Gasteiger partial charge >= 0.3 is 0 Å². The van der Waals surface area contributed by atoms with Gasteiger partial charge in [-0.05, 0) is 43.6 Å².